The molecule has 1 aliphatic rings. The first-order chi connectivity index (χ1) is 12.5. The van der Waals surface area contributed by atoms with E-state index in [-0.39, 0.29) is 10.8 Å². The number of likely N-dealkylation sites (tertiary alicyclic amines) is 1. The minimum Gasteiger partial charge on any atom is -0.339 e. The summed E-state index contributed by atoms with van der Waals surface area (Å²) < 4.78 is 28.7. The number of hydrogen-bond acceptors (Lipinski definition) is 3. The van der Waals surface area contributed by atoms with E-state index in [2.05, 4.69) is 20.7 Å². The van der Waals surface area contributed by atoms with Gasteiger partial charge in [-0.3, -0.25) is 9.52 Å². The third-order valence-corrected chi connectivity index (χ3v) is 6.29. The minimum absolute atomic E-state index is 0.0843. The molecule has 7 heteroatoms. The first-order valence-electron chi connectivity index (χ1n) is 8.63. The van der Waals surface area contributed by atoms with Gasteiger partial charge in [-0.2, -0.15) is 0 Å². The van der Waals surface area contributed by atoms with Crippen molar-refractivity contribution in [3.63, 3.8) is 0 Å². The SMILES string of the molecule is O=C(c1cccc(S(=O)(=O)Nc2ccc(Br)cc2)c1)N1CCCCCC1. The second-order valence-corrected chi connectivity index (χ2v) is 8.94. The van der Waals surface area contributed by atoms with Crippen molar-refractivity contribution in [2.24, 2.45) is 0 Å². The van der Waals surface area contributed by atoms with Gasteiger partial charge >= 0.3 is 0 Å². The monoisotopic (exact) mass is 436 g/mol. The third kappa shape index (κ3) is 4.65. The molecule has 0 atom stereocenters. The predicted octanol–water partition coefficient (Wildman–Crippen LogP) is 4.27. The zero-order chi connectivity index (χ0) is 18.6. The molecule has 5 nitrogen and oxygen atoms in total. The van der Waals surface area contributed by atoms with Crippen LogP contribution < -0.4 is 4.72 Å². The van der Waals surface area contributed by atoms with Crippen molar-refractivity contribution in [3.8, 4) is 0 Å². The van der Waals surface area contributed by atoms with Gasteiger partial charge in [0.15, 0.2) is 0 Å². The first kappa shape index (κ1) is 18.9. The molecule has 1 N–H and O–H groups in total. The predicted molar refractivity (Wildman–Crippen MR) is 106 cm³/mol. The maximum absolute atomic E-state index is 12.7. The Bertz CT molecular complexity index is 874. The fourth-order valence-electron chi connectivity index (χ4n) is 2.98. The van der Waals surface area contributed by atoms with E-state index in [1.807, 2.05) is 4.90 Å². The van der Waals surface area contributed by atoms with E-state index >= 15 is 0 Å². The molecule has 0 radical (unpaired) electrons. The molecule has 1 heterocycles. The number of benzene rings is 2. The molecule has 1 aliphatic heterocycles. The van der Waals surface area contributed by atoms with Crippen LogP contribution in [-0.4, -0.2) is 32.3 Å². The number of amides is 1. The number of carbonyl (C=O) groups is 1. The molecule has 2 aromatic carbocycles. The number of halogens is 1. The normalized spacial score (nSPS) is 15.3. The number of carbonyl (C=O) groups excluding carboxylic acids is 1. The highest BCUT2D eigenvalue weighted by Gasteiger charge is 2.20. The maximum atomic E-state index is 12.7. The average Bonchev–Trinajstić information content (AvgIpc) is 2.92. The third-order valence-electron chi connectivity index (χ3n) is 4.38. The fourth-order valence-corrected chi connectivity index (χ4v) is 4.35. The lowest BCUT2D eigenvalue weighted by Crippen LogP contribution is -2.32. The fraction of sp³-hybridized carbons (Fsp3) is 0.316. The highest BCUT2D eigenvalue weighted by Crippen LogP contribution is 2.20. The van der Waals surface area contributed by atoms with Gasteiger partial charge in [-0.15, -0.1) is 0 Å². The van der Waals surface area contributed by atoms with Crippen molar-refractivity contribution in [1.82, 2.24) is 4.90 Å². The van der Waals surface area contributed by atoms with Crippen LogP contribution in [0.2, 0.25) is 0 Å². The van der Waals surface area contributed by atoms with E-state index in [4.69, 9.17) is 0 Å². The molecule has 0 aromatic heterocycles. The number of anilines is 1. The molecular weight excluding hydrogens is 416 g/mol. The van der Waals surface area contributed by atoms with Crippen LogP contribution >= 0.6 is 15.9 Å². The van der Waals surface area contributed by atoms with E-state index in [9.17, 15) is 13.2 Å². The molecule has 0 unspecified atom stereocenters. The molecule has 0 spiro atoms. The molecule has 1 saturated heterocycles. The molecule has 2 aromatic rings. The molecule has 0 bridgehead atoms. The average molecular weight is 437 g/mol. The molecule has 1 fully saturated rings. The summed E-state index contributed by atoms with van der Waals surface area (Å²) in [6, 6.07) is 13.1. The Morgan fingerprint density at radius 1 is 0.962 bits per heavy atom. The van der Waals surface area contributed by atoms with E-state index in [1.54, 1.807) is 36.4 Å². The molecule has 26 heavy (non-hydrogen) atoms. The Hall–Kier alpha value is -1.86. The number of rotatable bonds is 4. The highest BCUT2D eigenvalue weighted by molar-refractivity contribution is 9.10. The van der Waals surface area contributed by atoms with Crippen LogP contribution in [0.25, 0.3) is 0 Å². The van der Waals surface area contributed by atoms with Crippen LogP contribution in [0.1, 0.15) is 36.0 Å². The summed E-state index contributed by atoms with van der Waals surface area (Å²) in [7, 11) is -3.76. The number of nitrogens with one attached hydrogen (secondary N) is 1. The largest absolute Gasteiger partial charge is 0.339 e. The van der Waals surface area contributed by atoms with Gasteiger partial charge in [0, 0.05) is 28.8 Å². The van der Waals surface area contributed by atoms with Crippen LogP contribution in [0, 0.1) is 0 Å². The van der Waals surface area contributed by atoms with E-state index in [0.717, 1.165) is 43.2 Å². The first-order valence-corrected chi connectivity index (χ1v) is 10.9. The second-order valence-electron chi connectivity index (χ2n) is 6.35. The number of sulfonamides is 1. The minimum atomic E-state index is -3.76. The Labute approximate surface area is 162 Å². The van der Waals surface area contributed by atoms with Crippen molar-refractivity contribution in [2.45, 2.75) is 30.6 Å². The van der Waals surface area contributed by atoms with Gasteiger partial charge in [-0.25, -0.2) is 8.42 Å². The van der Waals surface area contributed by atoms with Gasteiger partial charge in [0.25, 0.3) is 15.9 Å². The number of hydrogen-bond donors (Lipinski definition) is 1. The van der Waals surface area contributed by atoms with Crippen LogP contribution in [0.15, 0.2) is 57.9 Å². The molecule has 0 saturated carbocycles. The van der Waals surface area contributed by atoms with E-state index in [1.165, 1.54) is 12.1 Å². The van der Waals surface area contributed by atoms with Crippen molar-refractivity contribution in [2.75, 3.05) is 17.8 Å². The van der Waals surface area contributed by atoms with Gasteiger partial charge in [0.05, 0.1) is 4.90 Å². The van der Waals surface area contributed by atoms with Gasteiger partial charge in [-0.05, 0) is 55.3 Å². The quantitative estimate of drug-likeness (QED) is 0.777. The van der Waals surface area contributed by atoms with Crippen LogP contribution in [0.4, 0.5) is 5.69 Å². The van der Waals surface area contributed by atoms with E-state index < -0.39 is 10.0 Å². The summed E-state index contributed by atoms with van der Waals surface area (Å²) in [6.45, 7) is 1.46. The summed E-state index contributed by atoms with van der Waals surface area (Å²) >= 11 is 3.32. The Kier molecular flexibility index (Phi) is 5.98. The number of nitrogens with zero attached hydrogens (tertiary/aromatic N) is 1. The topological polar surface area (TPSA) is 66.5 Å². The lowest BCUT2D eigenvalue weighted by atomic mass is 10.2. The van der Waals surface area contributed by atoms with Crippen molar-refractivity contribution in [3.05, 3.63) is 58.6 Å². The van der Waals surface area contributed by atoms with Gasteiger partial charge in [-0.1, -0.05) is 34.8 Å². The van der Waals surface area contributed by atoms with Gasteiger partial charge in [0.2, 0.25) is 0 Å². The van der Waals surface area contributed by atoms with Crippen molar-refractivity contribution in [1.29, 1.82) is 0 Å². The van der Waals surface area contributed by atoms with Gasteiger partial charge in [0.1, 0.15) is 0 Å². The Morgan fingerprint density at radius 3 is 2.27 bits per heavy atom. The van der Waals surface area contributed by atoms with Crippen LogP contribution in [-0.2, 0) is 10.0 Å². The summed E-state index contributed by atoms with van der Waals surface area (Å²) in [5, 5.41) is 0. The summed E-state index contributed by atoms with van der Waals surface area (Å²) in [5.74, 6) is -0.104. The van der Waals surface area contributed by atoms with E-state index in [0.29, 0.717) is 11.3 Å². The van der Waals surface area contributed by atoms with Crippen LogP contribution in [0.3, 0.4) is 0 Å². The standard InChI is InChI=1S/C19H21BrN2O3S/c20-16-8-10-17(11-9-16)21-26(24,25)18-7-5-6-15(14-18)19(23)22-12-3-1-2-4-13-22/h5-11,14,21H,1-4,12-13H2. The zero-order valence-electron chi connectivity index (χ0n) is 14.3. The lowest BCUT2D eigenvalue weighted by Gasteiger charge is -2.20. The lowest BCUT2D eigenvalue weighted by molar-refractivity contribution is 0.0761. The van der Waals surface area contributed by atoms with Crippen LogP contribution in [0.5, 0.6) is 0 Å². The molecule has 138 valence electrons. The zero-order valence-corrected chi connectivity index (χ0v) is 16.7. The Balaban J connectivity index is 1.81. The van der Waals surface area contributed by atoms with Crippen molar-refractivity contribution >= 4 is 37.5 Å². The molecule has 3 rings (SSSR count). The summed E-state index contributed by atoms with van der Waals surface area (Å²) in [6.07, 6.45) is 4.26. The molecule has 1 amide bonds. The summed E-state index contributed by atoms with van der Waals surface area (Å²) in [4.78, 5) is 14.6. The van der Waals surface area contributed by atoms with Crippen molar-refractivity contribution < 1.29 is 13.2 Å². The van der Waals surface area contributed by atoms with Gasteiger partial charge < -0.3 is 4.90 Å². The molecule has 0 aliphatic carbocycles. The highest BCUT2D eigenvalue weighted by atomic mass is 79.9. The Morgan fingerprint density at radius 2 is 1.62 bits per heavy atom. The second kappa shape index (κ2) is 8.22. The smallest absolute Gasteiger partial charge is 0.261 e. The maximum Gasteiger partial charge on any atom is 0.261 e. The molecular formula is C19H21BrN2O3S. The summed E-state index contributed by atoms with van der Waals surface area (Å²) in [5.41, 5.74) is 0.878.